The SMILES string of the molecule is CC(C)C[C@@H](N)CN(C)CCc1ccccc1. The van der Waals surface area contributed by atoms with Gasteiger partial charge in [0.25, 0.3) is 0 Å². The molecular weight excluding hydrogens is 208 g/mol. The van der Waals surface area contributed by atoms with Crippen LogP contribution in [0.15, 0.2) is 30.3 Å². The molecule has 96 valence electrons. The fraction of sp³-hybridized carbons (Fsp3) is 0.600. The van der Waals surface area contributed by atoms with Gasteiger partial charge in [-0.3, -0.25) is 0 Å². The third kappa shape index (κ3) is 6.44. The Balaban J connectivity index is 2.23. The molecule has 0 radical (unpaired) electrons. The van der Waals surface area contributed by atoms with E-state index in [1.165, 1.54) is 5.56 Å². The van der Waals surface area contributed by atoms with Crippen molar-refractivity contribution >= 4 is 0 Å². The topological polar surface area (TPSA) is 29.3 Å². The Morgan fingerprint density at radius 2 is 1.82 bits per heavy atom. The van der Waals surface area contributed by atoms with Crippen LogP contribution in [-0.2, 0) is 6.42 Å². The van der Waals surface area contributed by atoms with Gasteiger partial charge in [-0.25, -0.2) is 0 Å². The van der Waals surface area contributed by atoms with Gasteiger partial charge in [-0.05, 0) is 31.4 Å². The van der Waals surface area contributed by atoms with Gasteiger partial charge in [0.2, 0.25) is 0 Å². The van der Waals surface area contributed by atoms with E-state index in [1.807, 2.05) is 0 Å². The molecule has 0 aromatic heterocycles. The maximum Gasteiger partial charge on any atom is 0.0170 e. The smallest absolute Gasteiger partial charge is 0.0170 e. The zero-order valence-corrected chi connectivity index (χ0v) is 11.4. The number of hydrogen-bond donors (Lipinski definition) is 1. The van der Waals surface area contributed by atoms with Crippen molar-refractivity contribution in [2.45, 2.75) is 32.7 Å². The van der Waals surface area contributed by atoms with Crippen molar-refractivity contribution < 1.29 is 0 Å². The van der Waals surface area contributed by atoms with Gasteiger partial charge in [-0.1, -0.05) is 44.2 Å². The van der Waals surface area contributed by atoms with Crippen LogP contribution in [0, 0.1) is 5.92 Å². The zero-order chi connectivity index (χ0) is 12.7. The third-order valence-corrected chi connectivity index (χ3v) is 2.95. The molecule has 0 saturated heterocycles. The summed E-state index contributed by atoms with van der Waals surface area (Å²) in [7, 11) is 2.16. The molecule has 0 bridgehead atoms. The van der Waals surface area contributed by atoms with Gasteiger partial charge < -0.3 is 10.6 Å². The van der Waals surface area contributed by atoms with Crippen LogP contribution < -0.4 is 5.73 Å². The minimum absolute atomic E-state index is 0.302. The fourth-order valence-electron chi connectivity index (χ4n) is 2.14. The van der Waals surface area contributed by atoms with E-state index in [4.69, 9.17) is 5.73 Å². The van der Waals surface area contributed by atoms with E-state index >= 15 is 0 Å². The molecule has 2 N–H and O–H groups in total. The number of likely N-dealkylation sites (N-methyl/N-ethyl adjacent to an activating group) is 1. The highest BCUT2D eigenvalue weighted by atomic mass is 15.1. The highest BCUT2D eigenvalue weighted by Gasteiger charge is 2.08. The molecule has 0 spiro atoms. The standard InChI is InChI=1S/C15H26N2/c1-13(2)11-15(16)12-17(3)10-9-14-7-5-4-6-8-14/h4-8,13,15H,9-12,16H2,1-3H3/t15-/m1/s1. The normalized spacial score (nSPS) is 13.3. The molecular formula is C15H26N2. The van der Waals surface area contributed by atoms with Gasteiger partial charge in [0.05, 0.1) is 0 Å². The molecule has 2 nitrogen and oxygen atoms in total. The Morgan fingerprint density at radius 3 is 2.41 bits per heavy atom. The average Bonchev–Trinajstić information content (AvgIpc) is 2.26. The summed E-state index contributed by atoms with van der Waals surface area (Å²) in [5, 5.41) is 0. The molecule has 0 fully saturated rings. The first kappa shape index (κ1) is 14.2. The quantitative estimate of drug-likeness (QED) is 0.785. The lowest BCUT2D eigenvalue weighted by Gasteiger charge is -2.22. The molecule has 17 heavy (non-hydrogen) atoms. The second-order valence-electron chi connectivity index (χ2n) is 5.39. The first-order valence-electron chi connectivity index (χ1n) is 6.56. The van der Waals surface area contributed by atoms with E-state index in [1.54, 1.807) is 0 Å². The van der Waals surface area contributed by atoms with Gasteiger partial charge >= 0.3 is 0 Å². The van der Waals surface area contributed by atoms with Crippen LogP contribution in [0.2, 0.25) is 0 Å². The molecule has 1 aromatic carbocycles. The highest BCUT2D eigenvalue weighted by Crippen LogP contribution is 2.05. The van der Waals surface area contributed by atoms with Crippen molar-refractivity contribution in [1.82, 2.24) is 4.90 Å². The van der Waals surface area contributed by atoms with E-state index in [9.17, 15) is 0 Å². The molecule has 1 aromatic rings. The highest BCUT2D eigenvalue weighted by molar-refractivity contribution is 5.14. The van der Waals surface area contributed by atoms with Gasteiger partial charge in [0, 0.05) is 19.1 Å². The molecule has 1 rings (SSSR count). The molecule has 0 aliphatic carbocycles. The summed E-state index contributed by atoms with van der Waals surface area (Å²) in [6.45, 7) is 6.52. The summed E-state index contributed by atoms with van der Waals surface area (Å²) in [6, 6.07) is 10.9. The summed E-state index contributed by atoms with van der Waals surface area (Å²) in [4.78, 5) is 2.33. The van der Waals surface area contributed by atoms with E-state index in [-0.39, 0.29) is 0 Å². The number of nitrogens with two attached hydrogens (primary N) is 1. The van der Waals surface area contributed by atoms with E-state index < -0.39 is 0 Å². The molecule has 0 aliphatic heterocycles. The molecule has 0 aliphatic rings. The lowest BCUT2D eigenvalue weighted by atomic mass is 10.0. The summed E-state index contributed by atoms with van der Waals surface area (Å²) >= 11 is 0. The maximum atomic E-state index is 6.10. The van der Waals surface area contributed by atoms with Gasteiger partial charge in [0.15, 0.2) is 0 Å². The summed E-state index contributed by atoms with van der Waals surface area (Å²) < 4.78 is 0. The fourth-order valence-corrected chi connectivity index (χ4v) is 2.14. The number of nitrogens with zero attached hydrogens (tertiary/aromatic N) is 1. The van der Waals surface area contributed by atoms with Crippen molar-refractivity contribution in [3.05, 3.63) is 35.9 Å². The van der Waals surface area contributed by atoms with Crippen molar-refractivity contribution in [2.24, 2.45) is 11.7 Å². The minimum Gasteiger partial charge on any atom is -0.327 e. The van der Waals surface area contributed by atoms with Crippen molar-refractivity contribution in [1.29, 1.82) is 0 Å². The van der Waals surface area contributed by atoms with Crippen LogP contribution in [0.5, 0.6) is 0 Å². The van der Waals surface area contributed by atoms with Crippen LogP contribution in [0.3, 0.4) is 0 Å². The molecule has 0 unspecified atom stereocenters. The zero-order valence-electron chi connectivity index (χ0n) is 11.4. The first-order valence-corrected chi connectivity index (χ1v) is 6.56. The summed E-state index contributed by atoms with van der Waals surface area (Å²) in [5.41, 5.74) is 7.50. The van der Waals surface area contributed by atoms with Crippen molar-refractivity contribution in [3.63, 3.8) is 0 Å². The lowest BCUT2D eigenvalue weighted by molar-refractivity contribution is 0.297. The van der Waals surface area contributed by atoms with Crippen LogP contribution in [0.25, 0.3) is 0 Å². The molecule has 0 heterocycles. The number of rotatable bonds is 7. The number of hydrogen-bond acceptors (Lipinski definition) is 2. The Labute approximate surface area is 106 Å². The second-order valence-corrected chi connectivity index (χ2v) is 5.39. The first-order chi connectivity index (χ1) is 8.08. The van der Waals surface area contributed by atoms with Gasteiger partial charge in [-0.2, -0.15) is 0 Å². The van der Waals surface area contributed by atoms with Crippen LogP contribution in [-0.4, -0.2) is 31.1 Å². The lowest BCUT2D eigenvalue weighted by Crippen LogP contribution is -2.37. The van der Waals surface area contributed by atoms with Crippen molar-refractivity contribution in [3.8, 4) is 0 Å². The van der Waals surface area contributed by atoms with Gasteiger partial charge in [0.1, 0.15) is 0 Å². The van der Waals surface area contributed by atoms with Crippen LogP contribution >= 0.6 is 0 Å². The molecule has 0 saturated carbocycles. The Bertz CT molecular complexity index is 295. The molecule has 1 atom stereocenters. The summed E-state index contributed by atoms with van der Waals surface area (Å²) in [6.07, 6.45) is 2.21. The Morgan fingerprint density at radius 1 is 1.18 bits per heavy atom. The second kappa shape index (κ2) is 7.46. The summed E-state index contributed by atoms with van der Waals surface area (Å²) in [5.74, 6) is 0.688. The van der Waals surface area contributed by atoms with E-state index in [2.05, 4.69) is 56.1 Å². The number of benzene rings is 1. The minimum atomic E-state index is 0.302. The maximum absolute atomic E-state index is 6.10. The Kier molecular flexibility index (Phi) is 6.23. The predicted molar refractivity (Wildman–Crippen MR) is 75.1 cm³/mol. The van der Waals surface area contributed by atoms with Crippen LogP contribution in [0.4, 0.5) is 0 Å². The molecule has 2 heteroatoms. The third-order valence-electron chi connectivity index (χ3n) is 2.95. The Hall–Kier alpha value is -0.860. The van der Waals surface area contributed by atoms with Crippen molar-refractivity contribution in [2.75, 3.05) is 20.1 Å². The van der Waals surface area contributed by atoms with E-state index in [0.717, 1.165) is 25.9 Å². The van der Waals surface area contributed by atoms with Crippen LogP contribution in [0.1, 0.15) is 25.8 Å². The molecule has 0 amide bonds. The average molecular weight is 234 g/mol. The predicted octanol–water partition coefficient (Wildman–Crippen LogP) is 2.53. The monoisotopic (exact) mass is 234 g/mol. The van der Waals surface area contributed by atoms with Gasteiger partial charge in [-0.15, -0.1) is 0 Å². The van der Waals surface area contributed by atoms with E-state index in [0.29, 0.717) is 12.0 Å². The largest absolute Gasteiger partial charge is 0.327 e.